The van der Waals surface area contributed by atoms with Crippen molar-refractivity contribution in [1.82, 2.24) is 4.98 Å². The fraction of sp³-hybridized carbons (Fsp3) is 0.615. The van der Waals surface area contributed by atoms with Crippen molar-refractivity contribution in [2.45, 2.75) is 38.3 Å². The molecule has 1 aliphatic rings. The summed E-state index contributed by atoms with van der Waals surface area (Å²) >= 11 is 0. The zero-order valence-electron chi connectivity index (χ0n) is 10.6. The Morgan fingerprint density at radius 3 is 2.82 bits per heavy atom. The molecule has 0 aliphatic carbocycles. The highest BCUT2D eigenvalue weighted by atomic mass is 16.3. The molecule has 0 saturated carbocycles. The molecular weight excluding hydrogens is 214 g/mol. The molecule has 94 valence electrons. The van der Waals surface area contributed by atoms with Crippen molar-refractivity contribution >= 4 is 5.69 Å². The Morgan fingerprint density at radius 2 is 2.35 bits per heavy atom. The standard InChI is InChI=1S/C13H21N3O/c1-3-11(14)12-5-4-10(8-15-12)16-7-6-13(2,17)9-16/h4-5,8,11,17H,3,6-7,9,14H2,1-2H3. The highest BCUT2D eigenvalue weighted by Gasteiger charge is 2.31. The molecule has 0 aromatic carbocycles. The second-order valence-corrected chi connectivity index (χ2v) is 5.12. The summed E-state index contributed by atoms with van der Waals surface area (Å²) in [6, 6.07) is 4.04. The van der Waals surface area contributed by atoms with Crippen LogP contribution >= 0.6 is 0 Å². The monoisotopic (exact) mass is 235 g/mol. The summed E-state index contributed by atoms with van der Waals surface area (Å²) in [5.41, 5.74) is 7.35. The number of hydrogen-bond donors (Lipinski definition) is 2. The molecule has 3 N–H and O–H groups in total. The second-order valence-electron chi connectivity index (χ2n) is 5.12. The quantitative estimate of drug-likeness (QED) is 0.832. The highest BCUT2D eigenvalue weighted by molar-refractivity contribution is 5.46. The lowest BCUT2D eigenvalue weighted by Crippen LogP contribution is -2.29. The molecule has 0 amide bonds. The zero-order chi connectivity index (χ0) is 12.5. The molecule has 2 heterocycles. The SMILES string of the molecule is CCC(N)c1ccc(N2CCC(C)(O)C2)cn1. The summed E-state index contributed by atoms with van der Waals surface area (Å²) in [5, 5.41) is 9.92. The minimum absolute atomic E-state index is 0.0192. The summed E-state index contributed by atoms with van der Waals surface area (Å²) in [4.78, 5) is 6.55. The molecule has 4 heteroatoms. The third-order valence-corrected chi connectivity index (χ3v) is 3.41. The number of pyridine rings is 1. The number of nitrogens with two attached hydrogens (primary N) is 1. The van der Waals surface area contributed by atoms with Crippen LogP contribution in [0, 0.1) is 0 Å². The van der Waals surface area contributed by atoms with Crippen molar-refractivity contribution in [3.05, 3.63) is 24.0 Å². The molecule has 0 spiro atoms. The minimum atomic E-state index is -0.571. The largest absolute Gasteiger partial charge is 0.388 e. The average molecular weight is 235 g/mol. The van der Waals surface area contributed by atoms with Gasteiger partial charge < -0.3 is 15.7 Å². The average Bonchev–Trinajstić information content (AvgIpc) is 2.69. The predicted molar refractivity (Wildman–Crippen MR) is 68.9 cm³/mol. The van der Waals surface area contributed by atoms with Crippen LogP contribution in [0.3, 0.4) is 0 Å². The highest BCUT2D eigenvalue weighted by Crippen LogP contribution is 2.26. The maximum atomic E-state index is 9.92. The lowest BCUT2D eigenvalue weighted by Gasteiger charge is -2.21. The van der Waals surface area contributed by atoms with E-state index in [1.807, 2.05) is 25.3 Å². The number of rotatable bonds is 3. The predicted octanol–water partition coefficient (Wildman–Crippen LogP) is 1.45. The van der Waals surface area contributed by atoms with E-state index in [1.165, 1.54) is 0 Å². The number of aliphatic hydroxyl groups is 1. The molecule has 1 aromatic rings. The van der Waals surface area contributed by atoms with Crippen molar-refractivity contribution in [1.29, 1.82) is 0 Å². The van der Waals surface area contributed by atoms with Gasteiger partial charge in [-0.3, -0.25) is 4.98 Å². The van der Waals surface area contributed by atoms with Crippen LogP contribution in [0.2, 0.25) is 0 Å². The second kappa shape index (κ2) is 4.63. The Morgan fingerprint density at radius 1 is 1.59 bits per heavy atom. The smallest absolute Gasteiger partial charge is 0.0810 e. The van der Waals surface area contributed by atoms with Crippen LogP contribution in [0.5, 0.6) is 0 Å². The number of anilines is 1. The molecule has 1 aliphatic heterocycles. The molecule has 0 radical (unpaired) electrons. The molecule has 1 aromatic heterocycles. The van der Waals surface area contributed by atoms with Gasteiger partial charge in [0.2, 0.25) is 0 Å². The van der Waals surface area contributed by atoms with E-state index in [2.05, 4.69) is 16.8 Å². The van der Waals surface area contributed by atoms with E-state index in [-0.39, 0.29) is 6.04 Å². The van der Waals surface area contributed by atoms with Crippen LogP contribution < -0.4 is 10.6 Å². The fourth-order valence-electron chi connectivity index (χ4n) is 2.18. The van der Waals surface area contributed by atoms with Gasteiger partial charge in [-0.2, -0.15) is 0 Å². The Hall–Kier alpha value is -1.13. The van der Waals surface area contributed by atoms with E-state index in [0.717, 1.165) is 30.8 Å². The van der Waals surface area contributed by atoms with E-state index in [0.29, 0.717) is 6.54 Å². The fourth-order valence-corrected chi connectivity index (χ4v) is 2.18. The Balaban J connectivity index is 2.09. The molecule has 0 bridgehead atoms. The number of aromatic nitrogens is 1. The van der Waals surface area contributed by atoms with Gasteiger partial charge in [0, 0.05) is 19.1 Å². The first-order valence-corrected chi connectivity index (χ1v) is 6.21. The topological polar surface area (TPSA) is 62.4 Å². The molecule has 1 fully saturated rings. The maximum Gasteiger partial charge on any atom is 0.0810 e. The minimum Gasteiger partial charge on any atom is -0.388 e. The third kappa shape index (κ3) is 2.76. The van der Waals surface area contributed by atoms with Gasteiger partial charge in [0.05, 0.1) is 23.2 Å². The van der Waals surface area contributed by atoms with Crippen LogP contribution in [-0.4, -0.2) is 28.8 Å². The number of nitrogens with zero attached hydrogens (tertiary/aromatic N) is 2. The normalized spacial score (nSPS) is 26.2. The van der Waals surface area contributed by atoms with Crippen LogP contribution in [0.25, 0.3) is 0 Å². The van der Waals surface area contributed by atoms with E-state index in [1.54, 1.807) is 0 Å². The Labute approximate surface area is 102 Å². The lowest BCUT2D eigenvalue weighted by molar-refractivity contribution is 0.0839. The van der Waals surface area contributed by atoms with Gasteiger partial charge >= 0.3 is 0 Å². The van der Waals surface area contributed by atoms with Gasteiger partial charge in [-0.25, -0.2) is 0 Å². The molecule has 2 atom stereocenters. The molecule has 2 rings (SSSR count). The first-order chi connectivity index (χ1) is 8.02. The first-order valence-electron chi connectivity index (χ1n) is 6.21. The van der Waals surface area contributed by atoms with E-state index < -0.39 is 5.60 Å². The van der Waals surface area contributed by atoms with E-state index in [9.17, 15) is 5.11 Å². The summed E-state index contributed by atoms with van der Waals surface area (Å²) in [6.07, 6.45) is 3.56. The molecule has 2 unspecified atom stereocenters. The first kappa shape index (κ1) is 12.3. The van der Waals surface area contributed by atoms with Gasteiger partial charge in [-0.15, -0.1) is 0 Å². The lowest BCUT2D eigenvalue weighted by atomic mass is 10.1. The summed E-state index contributed by atoms with van der Waals surface area (Å²) in [5.74, 6) is 0. The van der Waals surface area contributed by atoms with Crippen LogP contribution in [-0.2, 0) is 0 Å². The van der Waals surface area contributed by atoms with Crippen molar-refractivity contribution in [2.75, 3.05) is 18.0 Å². The van der Waals surface area contributed by atoms with Crippen LogP contribution in [0.15, 0.2) is 18.3 Å². The molecule has 4 nitrogen and oxygen atoms in total. The Bertz CT molecular complexity index is 375. The van der Waals surface area contributed by atoms with Crippen molar-refractivity contribution < 1.29 is 5.11 Å². The van der Waals surface area contributed by atoms with Gasteiger partial charge in [0.15, 0.2) is 0 Å². The van der Waals surface area contributed by atoms with Gasteiger partial charge in [-0.05, 0) is 31.9 Å². The zero-order valence-corrected chi connectivity index (χ0v) is 10.6. The summed E-state index contributed by atoms with van der Waals surface area (Å²) in [7, 11) is 0. The van der Waals surface area contributed by atoms with Crippen LogP contribution in [0.4, 0.5) is 5.69 Å². The molecule has 17 heavy (non-hydrogen) atoms. The van der Waals surface area contributed by atoms with Crippen LogP contribution in [0.1, 0.15) is 38.4 Å². The number of β-amino-alcohol motifs (C(OH)–C–C–N with tert-alkyl or cyclic N) is 1. The van der Waals surface area contributed by atoms with Crippen molar-refractivity contribution in [3.63, 3.8) is 0 Å². The maximum absolute atomic E-state index is 9.92. The van der Waals surface area contributed by atoms with Crippen molar-refractivity contribution in [2.24, 2.45) is 5.73 Å². The number of hydrogen-bond acceptors (Lipinski definition) is 4. The van der Waals surface area contributed by atoms with Gasteiger partial charge in [0.25, 0.3) is 0 Å². The van der Waals surface area contributed by atoms with E-state index >= 15 is 0 Å². The van der Waals surface area contributed by atoms with E-state index in [4.69, 9.17) is 5.73 Å². The Kier molecular flexibility index (Phi) is 3.35. The molecule has 1 saturated heterocycles. The van der Waals surface area contributed by atoms with Crippen molar-refractivity contribution in [3.8, 4) is 0 Å². The molecular formula is C13H21N3O. The third-order valence-electron chi connectivity index (χ3n) is 3.41. The van der Waals surface area contributed by atoms with Gasteiger partial charge in [-0.1, -0.05) is 6.92 Å². The summed E-state index contributed by atoms with van der Waals surface area (Å²) in [6.45, 7) is 5.49. The summed E-state index contributed by atoms with van der Waals surface area (Å²) < 4.78 is 0. The van der Waals surface area contributed by atoms with Gasteiger partial charge in [0.1, 0.15) is 0 Å².